The number of likely N-dealkylation sites (tertiary alicyclic amines) is 1. The molecule has 1 aromatic carbocycles. The molecule has 1 heterocycles. The van der Waals surface area contributed by atoms with Gasteiger partial charge in [0.15, 0.2) is 0 Å². The van der Waals surface area contributed by atoms with Crippen LogP contribution in [0.4, 0.5) is 0 Å². The number of nitrogens with zero attached hydrogens (tertiary/aromatic N) is 1. The van der Waals surface area contributed by atoms with Crippen molar-refractivity contribution in [2.45, 2.75) is 24.2 Å². The van der Waals surface area contributed by atoms with Gasteiger partial charge in [0.2, 0.25) is 5.91 Å². The molecule has 1 unspecified atom stereocenters. The highest BCUT2D eigenvalue weighted by Crippen LogP contribution is 2.31. The third-order valence-electron chi connectivity index (χ3n) is 4.20. The fourth-order valence-electron chi connectivity index (χ4n) is 2.92. The van der Waals surface area contributed by atoms with Crippen LogP contribution in [0.2, 0.25) is 5.02 Å². The summed E-state index contributed by atoms with van der Waals surface area (Å²) in [4.78, 5) is 26.8. The number of halogens is 1. The number of hydrogen-bond donors (Lipinski definition) is 1. The molecule has 1 amide bonds. The SMILES string of the molecule is COCC1(C(=O)O)CCCN(C(=O)CCSc2ccc(Cl)cc2)C1. The number of methoxy groups -OCH3 is 1. The number of carbonyl (C=O) groups is 2. The van der Waals surface area contributed by atoms with Crippen LogP contribution >= 0.6 is 23.4 Å². The van der Waals surface area contributed by atoms with Crippen LogP contribution in [0.25, 0.3) is 0 Å². The number of aliphatic carboxylic acids is 1. The Kier molecular flexibility index (Phi) is 6.95. The molecule has 1 atom stereocenters. The Morgan fingerprint density at radius 1 is 1.38 bits per heavy atom. The number of benzene rings is 1. The van der Waals surface area contributed by atoms with E-state index in [1.165, 1.54) is 7.11 Å². The van der Waals surface area contributed by atoms with E-state index in [9.17, 15) is 14.7 Å². The second-order valence-corrected chi connectivity index (χ2v) is 7.59. The third kappa shape index (κ3) is 4.88. The molecule has 1 fully saturated rings. The average molecular weight is 372 g/mol. The van der Waals surface area contributed by atoms with E-state index in [1.807, 2.05) is 24.3 Å². The lowest BCUT2D eigenvalue weighted by Gasteiger charge is -2.39. The monoisotopic (exact) mass is 371 g/mol. The highest BCUT2D eigenvalue weighted by molar-refractivity contribution is 7.99. The summed E-state index contributed by atoms with van der Waals surface area (Å²) in [6.45, 7) is 0.968. The highest BCUT2D eigenvalue weighted by Gasteiger charge is 2.43. The lowest BCUT2D eigenvalue weighted by Crippen LogP contribution is -2.52. The molecule has 24 heavy (non-hydrogen) atoms. The first kappa shape index (κ1) is 19.1. The molecule has 1 saturated heterocycles. The van der Waals surface area contributed by atoms with Crippen molar-refractivity contribution >= 4 is 35.2 Å². The Labute approximate surface area is 151 Å². The lowest BCUT2D eigenvalue weighted by molar-refractivity contribution is -0.159. The van der Waals surface area contributed by atoms with Crippen molar-refractivity contribution in [2.75, 3.05) is 32.6 Å². The standard InChI is InChI=1S/C17H22ClNO4S/c1-23-12-17(16(21)22)8-2-9-19(11-17)15(20)7-10-24-14-5-3-13(18)4-6-14/h3-6H,2,7-12H2,1H3,(H,21,22). The van der Waals surface area contributed by atoms with Crippen molar-refractivity contribution in [3.8, 4) is 0 Å². The van der Waals surface area contributed by atoms with Crippen LogP contribution < -0.4 is 0 Å². The predicted molar refractivity (Wildman–Crippen MR) is 94.6 cm³/mol. The number of rotatable bonds is 7. The van der Waals surface area contributed by atoms with E-state index in [0.29, 0.717) is 36.6 Å². The molecule has 0 spiro atoms. The van der Waals surface area contributed by atoms with Crippen LogP contribution in [-0.2, 0) is 14.3 Å². The number of hydrogen-bond acceptors (Lipinski definition) is 4. The van der Waals surface area contributed by atoms with Crippen LogP contribution in [0.5, 0.6) is 0 Å². The van der Waals surface area contributed by atoms with Crippen molar-refractivity contribution in [2.24, 2.45) is 5.41 Å². The molecule has 1 aromatic rings. The summed E-state index contributed by atoms with van der Waals surface area (Å²) in [6.07, 6.45) is 1.61. The maximum Gasteiger partial charge on any atom is 0.313 e. The minimum atomic E-state index is -0.980. The number of amides is 1. The number of carboxylic acid groups (broad SMARTS) is 1. The summed E-state index contributed by atoms with van der Waals surface area (Å²) < 4.78 is 5.09. The first-order valence-corrected chi connectivity index (χ1v) is 9.22. The molecule has 0 bridgehead atoms. The number of piperidine rings is 1. The molecule has 1 aliphatic heterocycles. The van der Waals surface area contributed by atoms with Crippen LogP contribution in [0, 0.1) is 5.41 Å². The maximum absolute atomic E-state index is 12.4. The lowest BCUT2D eigenvalue weighted by atomic mass is 9.80. The van der Waals surface area contributed by atoms with Crippen molar-refractivity contribution in [3.63, 3.8) is 0 Å². The third-order valence-corrected chi connectivity index (χ3v) is 5.47. The van der Waals surface area contributed by atoms with E-state index in [4.69, 9.17) is 16.3 Å². The number of carboxylic acids is 1. The first-order valence-electron chi connectivity index (χ1n) is 7.85. The fourth-order valence-corrected chi connectivity index (χ4v) is 3.89. The molecule has 0 aromatic heterocycles. The van der Waals surface area contributed by atoms with E-state index in [-0.39, 0.29) is 19.1 Å². The van der Waals surface area contributed by atoms with Gasteiger partial charge in [0.1, 0.15) is 5.41 Å². The predicted octanol–water partition coefficient (Wildman–Crippen LogP) is 3.16. The minimum Gasteiger partial charge on any atom is -0.481 e. The van der Waals surface area contributed by atoms with Gasteiger partial charge in [-0.25, -0.2) is 0 Å². The van der Waals surface area contributed by atoms with Gasteiger partial charge in [-0.05, 0) is 37.1 Å². The first-order chi connectivity index (χ1) is 11.5. The van der Waals surface area contributed by atoms with Gasteiger partial charge in [-0.1, -0.05) is 11.6 Å². The zero-order chi connectivity index (χ0) is 17.6. The number of thioether (sulfide) groups is 1. The van der Waals surface area contributed by atoms with Crippen molar-refractivity contribution in [1.29, 1.82) is 0 Å². The van der Waals surface area contributed by atoms with E-state index >= 15 is 0 Å². The second kappa shape index (κ2) is 8.74. The van der Waals surface area contributed by atoms with Crippen LogP contribution in [0.1, 0.15) is 19.3 Å². The summed E-state index contributed by atoms with van der Waals surface area (Å²) in [5.41, 5.74) is -0.980. The Bertz CT molecular complexity index is 576. The summed E-state index contributed by atoms with van der Waals surface area (Å²) in [5, 5.41) is 10.2. The molecule has 1 aliphatic rings. The van der Waals surface area contributed by atoms with Gasteiger partial charge >= 0.3 is 5.97 Å². The normalized spacial score (nSPS) is 20.8. The molecule has 0 radical (unpaired) electrons. The van der Waals surface area contributed by atoms with Gasteiger partial charge < -0.3 is 14.7 Å². The molecule has 7 heteroatoms. The van der Waals surface area contributed by atoms with Crippen molar-refractivity contribution in [1.82, 2.24) is 4.90 Å². The van der Waals surface area contributed by atoms with E-state index in [2.05, 4.69) is 0 Å². The summed E-state index contributed by atoms with van der Waals surface area (Å²) in [5.74, 6) is -0.239. The van der Waals surface area contributed by atoms with Crippen LogP contribution in [0.15, 0.2) is 29.2 Å². The van der Waals surface area contributed by atoms with Crippen LogP contribution in [-0.4, -0.2) is 54.4 Å². The van der Waals surface area contributed by atoms with Gasteiger partial charge in [-0.15, -0.1) is 11.8 Å². The Morgan fingerprint density at radius 2 is 2.08 bits per heavy atom. The molecular weight excluding hydrogens is 350 g/mol. The Balaban J connectivity index is 1.87. The van der Waals surface area contributed by atoms with Gasteiger partial charge in [0.05, 0.1) is 6.61 Å². The summed E-state index contributed by atoms with van der Waals surface area (Å²) in [7, 11) is 1.49. The molecule has 0 saturated carbocycles. The molecular formula is C17H22ClNO4S. The summed E-state index contributed by atoms with van der Waals surface area (Å²) in [6, 6.07) is 7.49. The molecule has 1 N–H and O–H groups in total. The molecule has 132 valence electrons. The van der Waals surface area contributed by atoms with E-state index < -0.39 is 11.4 Å². The van der Waals surface area contributed by atoms with E-state index in [1.54, 1.807) is 16.7 Å². The molecule has 2 rings (SSSR count). The minimum absolute atomic E-state index is 0.00195. The molecule has 0 aliphatic carbocycles. The zero-order valence-electron chi connectivity index (χ0n) is 13.7. The van der Waals surface area contributed by atoms with Gasteiger partial charge in [-0.3, -0.25) is 9.59 Å². The number of ether oxygens (including phenoxy) is 1. The van der Waals surface area contributed by atoms with Gasteiger partial charge in [-0.2, -0.15) is 0 Å². The molecule has 5 nitrogen and oxygen atoms in total. The Hall–Kier alpha value is -1.24. The zero-order valence-corrected chi connectivity index (χ0v) is 15.2. The van der Waals surface area contributed by atoms with Crippen molar-refractivity contribution < 1.29 is 19.4 Å². The summed E-state index contributed by atoms with van der Waals surface area (Å²) >= 11 is 7.44. The largest absolute Gasteiger partial charge is 0.481 e. The number of carbonyl (C=O) groups excluding carboxylic acids is 1. The van der Waals surface area contributed by atoms with Crippen LogP contribution in [0.3, 0.4) is 0 Å². The fraction of sp³-hybridized carbons (Fsp3) is 0.529. The van der Waals surface area contributed by atoms with Gasteiger partial charge in [0.25, 0.3) is 0 Å². The quantitative estimate of drug-likeness (QED) is 0.746. The maximum atomic E-state index is 12.4. The Morgan fingerprint density at radius 3 is 2.71 bits per heavy atom. The topological polar surface area (TPSA) is 66.8 Å². The van der Waals surface area contributed by atoms with E-state index in [0.717, 1.165) is 4.90 Å². The van der Waals surface area contributed by atoms with Crippen molar-refractivity contribution in [3.05, 3.63) is 29.3 Å². The average Bonchev–Trinajstić information content (AvgIpc) is 2.57. The second-order valence-electron chi connectivity index (χ2n) is 5.99. The van der Waals surface area contributed by atoms with Gasteiger partial charge in [0, 0.05) is 42.3 Å². The highest BCUT2D eigenvalue weighted by atomic mass is 35.5. The smallest absolute Gasteiger partial charge is 0.313 e.